The van der Waals surface area contributed by atoms with E-state index in [4.69, 9.17) is 4.84 Å². The molecule has 2 rings (SSSR count). The highest BCUT2D eigenvalue weighted by molar-refractivity contribution is 6.31. The van der Waals surface area contributed by atoms with Gasteiger partial charge in [-0.1, -0.05) is 10.6 Å². The maximum absolute atomic E-state index is 11.7. The monoisotopic (exact) mass is 222 g/mol. The molecule has 16 heavy (non-hydrogen) atoms. The van der Waals surface area contributed by atoms with Crippen LogP contribution < -0.4 is 10.4 Å². The minimum atomic E-state index is -0.512. The van der Waals surface area contributed by atoms with Gasteiger partial charge in [-0.05, 0) is 0 Å². The third kappa shape index (κ3) is 2.47. The molecule has 0 radical (unpaired) electrons. The van der Waals surface area contributed by atoms with E-state index in [9.17, 15) is 4.39 Å². The third-order valence-corrected chi connectivity index (χ3v) is 2.16. The number of hydrogen-bond donors (Lipinski definition) is 0. The van der Waals surface area contributed by atoms with E-state index < -0.39 is 6.67 Å². The van der Waals surface area contributed by atoms with Crippen molar-refractivity contribution in [3.8, 4) is 0 Å². The average Bonchev–Trinajstić information content (AvgIpc) is 2.23. The lowest BCUT2D eigenvalue weighted by Gasteiger charge is -2.31. The number of rotatable bonds is 4. The van der Waals surface area contributed by atoms with Crippen LogP contribution in [0.15, 0.2) is 17.5 Å². The van der Waals surface area contributed by atoms with Crippen LogP contribution in [0.2, 0.25) is 0 Å². The Labute approximate surface area is 93.7 Å². The van der Waals surface area contributed by atoms with Gasteiger partial charge in [0.05, 0.1) is 18.8 Å². The third-order valence-electron chi connectivity index (χ3n) is 2.16. The molecule has 5 nitrogen and oxygen atoms in total. The SMILES string of the molecule is Bc1cnc(N2CC(=NOCCF)C2)nc1. The van der Waals surface area contributed by atoms with Gasteiger partial charge in [-0.25, -0.2) is 14.4 Å². The highest BCUT2D eigenvalue weighted by Gasteiger charge is 2.24. The topological polar surface area (TPSA) is 50.6 Å². The van der Waals surface area contributed by atoms with Crippen molar-refractivity contribution >= 4 is 25.0 Å². The lowest BCUT2D eigenvalue weighted by molar-refractivity contribution is 0.126. The Morgan fingerprint density at radius 1 is 1.44 bits per heavy atom. The quantitative estimate of drug-likeness (QED) is 0.368. The van der Waals surface area contributed by atoms with Gasteiger partial charge in [-0.2, -0.15) is 0 Å². The van der Waals surface area contributed by atoms with Crippen LogP contribution >= 0.6 is 0 Å². The summed E-state index contributed by atoms with van der Waals surface area (Å²) in [6.45, 7) is 0.802. The fourth-order valence-electron chi connectivity index (χ4n) is 1.31. The lowest BCUT2D eigenvalue weighted by atomic mass is 10.0. The van der Waals surface area contributed by atoms with Gasteiger partial charge in [0, 0.05) is 12.4 Å². The maximum atomic E-state index is 11.7. The predicted octanol–water partition coefficient (Wildman–Crippen LogP) is -1.10. The number of nitrogens with zero attached hydrogens (tertiary/aromatic N) is 4. The molecule has 0 bridgehead atoms. The van der Waals surface area contributed by atoms with Gasteiger partial charge in [-0.15, -0.1) is 0 Å². The van der Waals surface area contributed by atoms with E-state index in [1.165, 1.54) is 0 Å². The summed E-state index contributed by atoms with van der Waals surface area (Å²) in [7, 11) is 1.94. The Morgan fingerprint density at radius 2 is 2.12 bits per heavy atom. The summed E-state index contributed by atoms with van der Waals surface area (Å²) in [5, 5.41) is 3.79. The molecule has 0 spiro atoms. The predicted molar refractivity (Wildman–Crippen MR) is 61.8 cm³/mol. The summed E-state index contributed by atoms with van der Waals surface area (Å²) in [5.74, 6) is 0.690. The number of aromatic nitrogens is 2. The average molecular weight is 222 g/mol. The van der Waals surface area contributed by atoms with Crippen LogP contribution in [0.5, 0.6) is 0 Å². The Kier molecular flexibility index (Phi) is 3.33. The molecule has 0 amide bonds. The summed E-state index contributed by atoms with van der Waals surface area (Å²) in [5.41, 5.74) is 1.92. The van der Waals surface area contributed by atoms with Gasteiger partial charge in [0.15, 0.2) is 0 Å². The van der Waals surface area contributed by atoms with Gasteiger partial charge in [0.25, 0.3) is 0 Å². The van der Waals surface area contributed by atoms with Gasteiger partial charge < -0.3 is 9.74 Å². The molecule has 2 heterocycles. The molecule has 0 unspecified atom stereocenters. The molecule has 1 aromatic rings. The van der Waals surface area contributed by atoms with Gasteiger partial charge in [0.2, 0.25) is 5.95 Å². The van der Waals surface area contributed by atoms with Crippen molar-refractivity contribution in [2.45, 2.75) is 0 Å². The molecule has 0 atom stereocenters. The molecular weight excluding hydrogens is 210 g/mol. The summed E-state index contributed by atoms with van der Waals surface area (Å²) in [4.78, 5) is 15.1. The number of alkyl halides is 1. The molecule has 84 valence electrons. The van der Waals surface area contributed by atoms with E-state index in [1.807, 2.05) is 12.7 Å². The molecule has 7 heteroatoms. The van der Waals surface area contributed by atoms with Crippen LogP contribution in [0.25, 0.3) is 0 Å². The first-order chi connectivity index (χ1) is 7.79. The molecule has 0 aliphatic carbocycles. The Balaban J connectivity index is 1.84. The largest absolute Gasteiger partial charge is 0.393 e. The molecule has 1 fully saturated rings. The second kappa shape index (κ2) is 4.91. The molecule has 1 aliphatic rings. The van der Waals surface area contributed by atoms with Gasteiger partial charge in [-0.3, -0.25) is 0 Å². The molecule has 1 aromatic heterocycles. The van der Waals surface area contributed by atoms with E-state index in [2.05, 4.69) is 15.1 Å². The highest BCUT2D eigenvalue weighted by atomic mass is 19.1. The summed E-state index contributed by atoms with van der Waals surface area (Å²) in [6.07, 6.45) is 3.55. The van der Waals surface area contributed by atoms with Crippen LogP contribution in [0.3, 0.4) is 0 Å². The number of anilines is 1. The zero-order chi connectivity index (χ0) is 11.4. The first-order valence-corrected chi connectivity index (χ1v) is 5.07. The van der Waals surface area contributed by atoms with Crippen LogP contribution in [0.4, 0.5) is 10.3 Å². The Morgan fingerprint density at radius 3 is 2.75 bits per heavy atom. The zero-order valence-corrected chi connectivity index (χ0v) is 9.06. The second-order valence-corrected chi connectivity index (χ2v) is 3.60. The van der Waals surface area contributed by atoms with E-state index in [-0.39, 0.29) is 6.61 Å². The molecular formula is C9H12BFN4O. The maximum Gasteiger partial charge on any atom is 0.225 e. The molecule has 0 N–H and O–H groups in total. The number of oxime groups is 1. The Bertz CT molecular complexity index is 376. The number of halogens is 1. The van der Waals surface area contributed by atoms with Crippen LogP contribution in [0.1, 0.15) is 0 Å². The smallest absolute Gasteiger partial charge is 0.225 e. The standard InChI is InChI=1S/C9H12BFN4O/c10-7-3-12-9(13-4-7)15-5-8(6-15)14-16-2-1-11/h3-4H,1-2,5-6,10H2. The van der Waals surface area contributed by atoms with Gasteiger partial charge >= 0.3 is 0 Å². The van der Waals surface area contributed by atoms with Crippen molar-refractivity contribution in [3.05, 3.63) is 12.4 Å². The van der Waals surface area contributed by atoms with E-state index in [0.29, 0.717) is 19.0 Å². The van der Waals surface area contributed by atoms with E-state index in [0.717, 1.165) is 11.2 Å². The second-order valence-electron chi connectivity index (χ2n) is 3.60. The van der Waals surface area contributed by atoms with Crippen LogP contribution in [-0.4, -0.2) is 49.9 Å². The summed E-state index contributed by atoms with van der Waals surface area (Å²) in [6, 6.07) is 0. The minimum absolute atomic E-state index is 0.0184. The van der Waals surface area contributed by atoms with Crippen LogP contribution in [-0.2, 0) is 4.84 Å². The van der Waals surface area contributed by atoms with Crippen molar-refractivity contribution in [2.75, 3.05) is 31.3 Å². The lowest BCUT2D eigenvalue weighted by Crippen LogP contribution is -2.48. The number of hydrogen-bond acceptors (Lipinski definition) is 5. The first-order valence-electron chi connectivity index (χ1n) is 5.07. The van der Waals surface area contributed by atoms with Crippen molar-refractivity contribution < 1.29 is 9.23 Å². The Hall–Kier alpha value is -1.66. The normalized spacial score (nSPS) is 14.6. The van der Waals surface area contributed by atoms with E-state index >= 15 is 0 Å². The zero-order valence-electron chi connectivity index (χ0n) is 9.06. The fourth-order valence-corrected chi connectivity index (χ4v) is 1.31. The van der Waals surface area contributed by atoms with Gasteiger partial charge in [0.1, 0.15) is 21.1 Å². The van der Waals surface area contributed by atoms with E-state index in [1.54, 1.807) is 12.4 Å². The molecule has 0 saturated carbocycles. The highest BCUT2D eigenvalue weighted by Crippen LogP contribution is 2.12. The molecule has 1 aliphatic heterocycles. The summed E-state index contributed by atoms with van der Waals surface area (Å²) >= 11 is 0. The van der Waals surface area contributed by atoms with Crippen molar-refractivity contribution in [1.82, 2.24) is 9.97 Å². The van der Waals surface area contributed by atoms with Crippen molar-refractivity contribution in [1.29, 1.82) is 0 Å². The van der Waals surface area contributed by atoms with Crippen LogP contribution in [0, 0.1) is 0 Å². The fraction of sp³-hybridized carbons (Fsp3) is 0.444. The molecule has 0 aromatic carbocycles. The van der Waals surface area contributed by atoms with Crippen molar-refractivity contribution in [3.63, 3.8) is 0 Å². The minimum Gasteiger partial charge on any atom is -0.393 e. The summed E-state index contributed by atoms with van der Waals surface area (Å²) < 4.78 is 11.7. The first kappa shape index (κ1) is 10.8. The van der Waals surface area contributed by atoms with Crippen molar-refractivity contribution in [2.24, 2.45) is 5.16 Å². The molecule has 1 saturated heterocycles.